The highest BCUT2D eigenvalue weighted by molar-refractivity contribution is 7.80. The highest BCUT2D eigenvalue weighted by Crippen LogP contribution is 2.39. The zero-order valence-electron chi connectivity index (χ0n) is 15.9. The Morgan fingerprint density at radius 2 is 0.800 bits per heavy atom. The summed E-state index contributed by atoms with van der Waals surface area (Å²) in [6, 6.07) is 21.8. The number of hydrogen-bond donors (Lipinski definition) is 6. The van der Waals surface area contributed by atoms with Crippen molar-refractivity contribution in [2.45, 2.75) is 36.8 Å². The van der Waals surface area contributed by atoms with Crippen LogP contribution in [-0.4, -0.2) is 47.1 Å². The summed E-state index contributed by atoms with van der Waals surface area (Å²) in [5.74, 6) is 1.31. The van der Waals surface area contributed by atoms with Crippen molar-refractivity contribution >= 4 is 20.8 Å². The summed E-state index contributed by atoms with van der Waals surface area (Å²) in [5, 5.41) is 0. The summed E-state index contributed by atoms with van der Waals surface area (Å²) in [6.07, 6.45) is 2.34. The Kier molecular flexibility index (Phi) is 10.0. The van der Waals surface area contributed by atoms with Gasteiger partial charge in [-0.05, 0) is 24.0 Å². The van der Waals surface area contributed by atoms with Crippen molar-refractivity contribution < 1.29 is 35.0 Å². The first-order valence-electron chi connectivity index (χ1n) is 8.76. The molecule has 2 aliphatic carbocycles. The quantitative estimate of drug-likeness (QED) is 0.357. The third kappa shape index (κ3) is 14.1. The highest BCUT2D eigenvalue weighted by Gasteiger charge is 2.34. The Morgan fingerprint density at radius 3 is 0.967 bits per heavy atom. The van der Waals surface area contributed by atoms with Crippen molar-refractivity contribution in [2.75, 3.05) is 0 Å². The van der Waals surface area contributed by atoms with Crippen molar-refractivity contribution in [1.29, 1.82) is 0 Å². The lowest BCUT2D eigenvalue weighted by atomic mass is 10.1. The van der Waals surface area contributed by atoms with Crippen LogP contribution in [0.1, 0.15) is 35.8 Å². The Hall–Kier alpha value is -1.90. The van der Waals surface area contributed by atoms with E-state index in [1.54, 1.807) is 0 Å². The maximum Gasteiger partial charge on any atom is 0.394 e. The molecule has 4 atom stereocenters. The molecular formula is C18H26N2O8S2. The molecule has 4 rings (SSSR count). The van der Waals surface area contributed by atoms with Crippen LogP contribution >= 0.6 is 0 Å². The van der Waals surface area contributed by atoms with Crippen LogP contribution in [0.3, 0.4) is 0 Å². The van der Waals surface area contributed by atoms with Crippen LogP contribution in [0.25, 0.3) is 0 Å². The van der Waals surface area contributed by atoms with Crippen LogP contribution in [0.5, 0.6) is 0 Å². The van der Waals surface area contributed by atoms with E-state index in [1.165, 1.54) is 24.0 Å². The molecular weight excluding hydrogens is 436 g/mol. The minimum atomic E-state index is -4.67. The van der Waals surface area contributed by atoms with Crippen LogP contribution in [0.4, 0.5) is 0 Å². The molecule has 12 heteroatoms. The monoisotopic (exact) mass is 462 g/mol. The van der Waals surface area contributed by atoms with Gasteiger partial charge < -0.3 is 11.5 Å². The molecule has 2 saturated carbocycles. The summed E-state index contributed by atoms with van der Waals surface area (Å²) < 4.78 is 63.2. The summed E-state index contributed by atoms with van der Waals surface area (Å²) in [6.45, 7) is 0. The third-order valence-electron chi connectivity index (χ3n) is 4.14. The molecule has 0 radical (unpaired) electrons. The molecule has 0 aliphatic heterocycles. The highest BCUT2D eigenvalue weighted by atomic mass is 32.3. The lowest BCUT2D eigenvalue weighted by Crippen LogP contribution is -2.00. The standard InChI is InChI=1S/2C9H11N.2H2O4S/c2*10-9-6-8(9)7-4-2-1-3-5-7;2*1-5(2,3)4/h2*1-5,8-9H,6,10H2;2*(H2,1,2,3,4)/t2*8-,9+;;/m00../s1. The second kappa shape index (κ2) is 11.5. The van der Waals surface area contributed by atoms with Gasteiger partial charge in [-0.25, -0.2) is 0 Å². The number of nitrogens with two attached hydrogens (primary N) is 2. The Balaban J connectivity index is 0.000000213. The second-order valence-corrected chi connectivity index (χ2v) is 8.52. The minimum Gasteiger partial charge on any atom is -0.327 e. The third-order valence-corrected chi connectivity index (χ3v) is 4.14. The van der Waals surface area contributed by atoms with Gasteiger partial charge in [-0.15, -0.1) is 0 Å². The molecule has 0 amide bonds. The maximum atomic E-state index is 8.74. The summed E-state index contributed by atoms with van der Waals surface area (Å²) >= 11 is 0. The molecule has 0 aromatic heterocycles. The Morgan fingerprint density at radius 1 is 0.600 bits per heavy atom. The van der Waals surface area contributed by atoms with Crippen LogP contribution in [0.2, 0.25) is 0 Å². The topological polar surface area (TPSA) is 201 Å². The zero-order valence-corrected chi connectivity index (χ0v) is 17.5. The van der Waals surface area contributed by atoms with E-state index < -0.39 is 20.8 Å². The molecule has 2 aromatic rings. The first-order valence-corrected chi connectivity index (χ1v) is 11.6. The van der Waals surface area contributed by atoms with E-state index in [2.05, 4.69) is 48.5 Å². The van der Waals surface area contributed by atoms with E-state index in [0.717, 1.165) is 0 Å². The van der Waals surface area contributed by atoms with E-state index in [-0.39, 0.29) is 0 Å². The van der Waals surface area contributed by atoms with Crippen molar-refractivity contribution in [3.63, 3.8) is 0 Å². The summed E-state index contributed by atoms with van der Waals surface area (Å²) in [4.78, 5) is 0. The van der Waals surface area contributed by atoms with Crippen LogP contribution < -0.4 is 11.5 Å². The van der Waals surface area contributed by atoms with Gasteiger partial charge in [0.2, 0.25) is 0 Å². The molecule has 2 aromatic carbocycles. The van der Waals surface area contributed by atoms with Gasteiger partial charge in [0.25, 0.3) is 0 Å². The smallest absolute Gasteiger partial charge is 0.327 e. The van der Waals surface area contributed by atoms with Crippen LogP contribution in [0, 0.1) is 0 Å². The van der Waals surface area contributed by atoms with E-state index in [4.69, 9.17) is 46.5 Å². The molecule has 168 valence electrons. The summed E-state index contributed by atoms with van der Waals surface area (Å²) in [7, 11) is -9.33. The minimum absolute atomic E-state index is 0.433. The molecule has 0 unspecified atom stereocenters. The lowest BCUT2D eigenvalue weighted by molar-refractivity contribution is 0.378. The number of rotatable bonds is 2. The van der Waals surface area contributed by atoms with Gasteiger partial charge in [0, 0.05) is 23.9 Å². The van der Waals surface area contributed by atoms with Crippen LogP contribution in [0.15, 0.2) is 60.7 Å². The molecule has 0 bridgehead atoms. The van der Waals surface area contributed by atoms with E-state index >= 15 is 0 Å². The lowest BCUT2D eigenvalue weighted by Gasteiger charge is -1.94. The van der Waals surface area contributed by atoms with Gasteiger partial charge >= 0.3 is 20.8 Å². The second-order valence-electron chi connectivity index (χ2n) is 6.73. The average molecular weight is 463 g/mol. The molecule has 2 aliphatic rings. The van der Waals surface area contributed by atoms with E-state index in [0.29, 0.717) is 23.9 Å². The van der Waals surface area contributed by atoms with Crippen molar-refractivity contribution in [3.05, 3.63) is 71.8 Å². The molecule has 0 heterocycles. The molecule has 8 N–H and O–H groups in total. The maximum absolute atomic E-state index is 8.74. The van der Waals surface area contributed by atoms with Gasteiger partial charge in [-0.3, -0.25) is 18.2 Å². The largest absolute Gasteiger partial charge is 0.394 e. The van der Waals surface area contributed by atoms with E-state index in [9.17, 15) is 0 Å². The fourth-order valence-electron chi connectivity index (χ4n) is 2.60. The Labute approximate surface area is 176 Å². The fourth-order valence-corrected chi connectivity index (χ4v) is 2.60. The Bertz CT molecular complexity index is 872. The number of benzene rings is 2. The van der Waals surface area contributed by atoms with Crippen molar-refractivity contribution in [1.82, 2.24) is 0 Å². The van der Waals surface area contributed by atoms with Crippen molar-refractivity contribution in [2.24, 2.45) is 11.5 Å². The van der Waals surface area contributed by atoms with E-state index in [1.807, 2.05) is 12.1 Å². The predicted octanol–water partition coefficient (Wildman–Crippen LogP) is 1.70. The normalized spacial score (nSPS) is 23.9. The van der Waals surface area contributed by atoms with Gasteiger partial charge in [0.05, 0.1) is 0 Å². The first-order chi connectivity index (χ1) is 13.8. The van der Waals surface area contributed by atoms with Gasteiger partial charge in [0.15, 0.2) is 0 Å². The zero-order chi connectivity index (χ0) is 22.9. The molecule has 2 fully saturated rings. The predicted molar refractivity (Wildman–Crippen MR) is 112 cm³/mol. The molecule has 0 spiro atoms. The van der Waals surface area contributed by atoms with Gasteiger partial charge in [-0.1, -0.05) is 60.7 Å². The molecule has 0 saturated heterocycles. The molecule has 30 heavy (non-hydrogen) atoms. The van der Waals surface area contributed by atoms with Crippen molar-refractivity contribution in [3.8, 4) is 0 Å². The number of hydrogen-bond acceptors (Lipinski definition) is 6. The SMILES string of the molecule is N[C@@H]1C[C@H]1c1ccccc1.N[C@@H]1C[C@H]1c1ccccc1.O=S(=O)(O)O.O=S(=O)(O)O. The fraction of sp³-hybridized carbons (Fsp3) is 0.333. The first kappa shape index (κ1) is 26.1. The van der Waals surface area contributed by atoms with Gasteiger partial charge in [0.1, 0.15) is 0 Å². The molecule has 10 nitrogen and oxygen atoms in total. The average Bonchev–Trinajstić information content (AvgIpc) is 3.52. The van der Waals surface area contributed by atoms with Crippen LogP contribution in [-0.2, 0) is 20.8 Å². The summed E-state index contributed by atoms with van der Waals surface area (Å²) in [5.41, 5.74) is 14.2. The van der Waals surface area contributed by atoms with Gasteiger partial charge in [-0.2, -0.15) is 16.8 Å².